The second-order valence-electron chi connectivity index (χ2n) is 9.47. The summed E-state index contributed by atoms with van der Waals surface area (Å²) < 4.78 is 29.0. The summed E-state index contributed by atoms with van der Waals surface area (Å²) in [6, 6.07) is 16.2. The van der Waals surface area contributed by atoms with Crippen LogP contribution >= 0.6 is 0 Å². The molecule has 1 heterocycles. The molecule has 7 nitrogen and oxygen atoms in total. The number of aromatic carboxylic acids is 1. The second kappa shape index (κ2) is 9.43. The number of sulfonamides is 1. The second-order valence-corrected chi connectivity index (χ2v) is 11.4. The Hall–Kier alpha value is -3.23. The Morgan fingerprint density at radius 2 is 1.66 bits per heavy atom. The van der Waals surface area contributed by atoms with Gasteiger partial charge in [-0.05, 0) is 79.5 Å². The largest absolute Gasteiger partial charge is 0.478 e. The molecule has 0 spiro atoms. The number of fused-ring (bicyclic) bond motifs is 3. The molecular weight excluding hydrogens is 464 g/mol. The lowest BCUT2D eigenvalue weighted by Gasteiger charge is -2.33. The van der Waals surface area contributed by atoms with E-state index in [1.54, 1.807) is 34.6 Å². The van der Waals surface area contributed by atoms with Crippen molar-refractivity contribution < 1.29 is 23.1 Å². The molecule has 3 aromatic carbocycles. The number of hydrogen-bond donors (Lipinski definition) is 2. The van der Waals surface area contributed by atoms with Crippen molar-refractivity contribution in [3.8, 4) is 0 Å². The lowest BCUT2D eigenvalue weighted by atomic mass is 9.84. The van der Waals surface area contributed by atoms with Crippen LogP contribution in [0.15, 0.2) is 65.6 Å². The van der Waals surface area contributed by atoms with E-state index in [2.05, 4.69) is 5.32 Å². The van der Waals surface area contributed by atoms with E-state index in [9.17, 15) is 18.0 Å². The molecule has 2 N–H and O–H groups in total. The van der Waals surface area contributed by atoms with Crippen LogP contribution in [0.2, 0.25) is 0 Å². The Kier molecular flexibility index (Phi) is 6.34. The van der Waals surface area contributed by atoms with Crippen molar-refractivity contribution in [1.29, 1.82) is 0 Å². The number of anilines is 1. The standard InChI is InChI=1S/C27H28N2O5S/c30-26(19-9-11-20(12-10-19)27(31)32)28-25-8-2-6-21-17-23(13-14-24(21)25)35(33,34)29-15-3-5-18-4-1-7-22(29)16-18/h2,6,8-14,17-18,22H,1,3-5,7,15-16H2,(H,28,30)(H,31,32). The SMILES string of the molecule is O=C(O)c1ccc(C(=O)Nc2cccc3cc(S(=O)(=O)N4CCCC5CCCC4C5)ccc23)cc1. The number of carboxylic acids is 1. The number of nitrogens with zero attached hydrogens (tertiary/aromatic N) is 1. The molecule has 1 aliphatic carbocycles. The molecule has 35 heavy (non-hydrogen) atoms. The van der Waals surface area contributed by atoms with Gasteiger partial charge in [-0.25, -0.2) is 13.2 Å². The quantitative estimate of drug-likeness (QED) is 0.514. The van der Waals surface area contributed by atoms with Crippen LogP contribution in [-0.2, 0) is 10.0 Å². The van der Waals surface area contributed by atoms with E-state index in [0.717, 1.165) is 42.9 Å². The Balaban J connectivity index is 1.41. The summed E-state index contributed by atoms with van der Waals surface area (Å²) >= 11 is 0. The summed E-state index contributed by atoms with van der Waals surface area (Å²) in [6.07, 6.45) is 6.17. The van der Waals surface area contributed by atoms with Gasteiger partial charge in [-0.2, -0.15) is 4.31 Å². The van der Waals surface area contributed by atoms with Crippen molar-refractivity contribution in [3.05, 3.63) is 71.8 Å². The first-order valence-electron chi connectivity index (χ1n) is 12.0. The zero-order chi connectivity index (χ0) is 24.6. The highest BCUT2D eigenvalue weighted by Gasteiger charge is 2.36. The summed E-state index contributed by atoms with van der Waals surface area (Å²) in [5, 5.41) is 13.4. The number of nitrogens with one attached hydrogen (secondary N) is 1. The molecule has 2 bridgehead atoms. The van der Waals surface area contributed by atoms with Gasteiger partial charge in [-0.3, -0.25) is 4.79 Å². The van der Waals surface area contributed by atoms with Crippen LogP contribution in [0.3, 0.4) is 0 Å². The van der Waals surface area contributed by atoms with Crippen molar-refractivity contribution in [2.24, 2.45) is 5.92 Å². The maximum atomic E-state index is 13.6. The summed E-state index contributed by atoms with van der Waals surface area (Å²) in [5.41, 5.74) is 0.996. The van der Waals surface area contributed by atoms with Crippen LogP contribution in [0.4, 0.5) is 5.69 Å². The van der Waals surface area contributed by atoms with Crippen LogP contribution in [0.25, 0.3) is 10.8 Å². The van der Waals surface area contributed by atoms with Gasteiger partial charge in [0.1, 0.15) is 0 Å². The maximum Gasteiger partial charge on any atom is 0.335 e. The summed E-state index contributed by atoms with van der Waals surface area (Å²) in [5.74, 6) is -0.792. The van der Waals surface area contributed by atoms with Crippen molar-refractivity contribution in [1.82, 2.24) is 4.31 Å². The first-order valence-corrected chi connectivity index (χ1v) is 13.5. The van der Waals surface area contributed by atoms with E-state index < -0.39 is 16.0 Å². The number of hydrogen-bond acceptors (Lipinski definition) is 4. The molecule has 5 rings (SSSR count). The van der Waals surface area contributed by atoms with Crippen molar-refractivity contribution in [2.45, 2.75) is 49.5 Å². The first-order chi connectivity index (χ1) is 16.8. The average Bonchev–Trinajstić information content (AvgIpc) is 3.01. The summed E-state index contributed by atoms with van der Waals surface area (Å²) in [6.45, 7) is 0.568. The van der Waals surface area contributed by atoms with E-state index in [-0.39, 0.29) is 22.4 Å². The molecule has 182 valence electrons. The minimum atomic E-state index is -3.62. The van der Waals surface area contributed by atoms with E-state index in [0.29, 0.717) is 23.7 Å². The predicted octanol–water partition coefficient (Wildman–Crippen LogP) is 5.13. The third-order valence-electron chi connectivity index (χ3n) is 7.25. The van der Waals surface area contributed by atoms with Gasteiger partial charge in [-0.15, -0.1) is 0 Å². The lowest BCUT2D eigenvalue weighted by Crippen LogP contribution is -2.41. The molecule has 2 atom stereocenters. The van der Waals surface area contributed by atoms with Crippen molar-refractivity contribution in [3.63, 3.8) is 0 Å². The Morgan fingerprint density at radius 3 is 2.43 bits per heavy atom. The third kappa shape index (κ3) is 4.68. The number of carbonyl (C=O) groups is 2. The molecule has 8 heteroatoms. The molecule has 0 aromatic heterocycles. The van der Waals surface area contributed by atoms with Gasteiger partial charge in [0.25, 0.3) is 5.91 Å². The monoisotopic (exact) mass is 492 g/mol. The lowest BCUT2D eigenvalue weighted by molar-refractivity contribution is 0.0696. The molecule has 1 saturated heterocycles. The van der Waals surface area contributed by atoms with Gasteiger partial charge >= 0.3 is 5.97 Å². The molecule has 1 amide bonds. The number of carbonyl (C=O) groups excluding carboxylic acids is 1. The fourth-order valence-electron chi connectivity index (χ4n) is 5.45. The van der Waals surface area contributed by atoms with E-state index >= 15 is 0 Å². The van der Waals surface area contributed by atoms with Crippen LogP contribution in [-0.4, -0.2) is 42.3 Å². The minimum absolute atomic E-state index is 0.0788. The normalized spacial score (nSPS) is 20.8. The third-order valence-corrected chi connectivity index (χ3v) is 9.20. The molecule has 2 unspecified atom stereocenters. The molecule has 0 radical (unpaired) electrons. The van der Waals surface area contributed by atoms with Gasteiger partial charge in [0.2, 0.25) is 10.0 Å². The number of amides is 1. The summed E-state index contributed by atoms with van der Waals surface area (Å²) in [7, 11) is -3.62. The molecular formula is C27H28N2O5S. The van der Waals surface area contributed by atoms with Gasteiger partial charge in [0.05, 0.1) is 10.5 Å². The zero-order valence-electron chi connectivity index (χ0n) is 19.3. The Labute approximate surface area is 204 Å². The number of carboxylic acid groups (broad SMARTS) is 1. The van der Waals surface area contributed by atoms with E-state index in [1.807, 2.05) is 6.07 Å². The molecule has 3 aromatic rings. The highest BCUT2D eigenvalue weighted by Crippen LogP contribution is 2.37. The molecule has 2 aliphatic rings. The molecule has 2 fully saturated rings. The van der Waals surface area contributed by atoms with E-state index in [4.69, 9.17) is 5.11 Å². The van der Waals surface area contributed by atoms with Crippen molar-refractivity contribution in [2.75, 3.05) is 11.9 Å². The number of rotatable bonds is 5. The maximum absolute atomic E-state index is 13.6. The predicted molar refractivity (Wildman–Crippen MR) is 134 cm³/mol. The number of benzene rings is 3. The average molecular weight is 493 g/mol. The fraction of sp³-hybridized carbons (Fsp3) is 0.333. The highest BCUT2D eigenvalue weighted by atomic mass is 32.2. The zero-order valence-corrected chi connectivity index (χ0v) is 20.1. The first kappa shape index (κ1) is 23.5. The van der Waals surface area contributed by atoms with Gasteiger partial charge < -0.3 is 10.4 Å². The Morgan fingerprint density at radius 1 is 0.914 bits per heavy atom. The fourth-order valence-corrected chi connectivity index (χ4v) is 7.19. The van der Waals surface area contributed by atoms with Gasteiger partial charge in [0, 0.05) is 29.2 Å². The van der Waals surface area contributed by atoms with Gasteiger partial charge in [0.15, 0.2) is 0 Å². The summed E-state index contributed by atoms with van der Waals surface area (Å²) in [4.78, 5) is 24.1. The van der Waals surface area contributed by atoms with Crippen LogP contribution < -0.4 is 5.32 Å². The Bertz CT molecular complexity index is 1380. The van der Waals surface area contributed by atoms with E-state index in [1.165, 1.54) is 30.7 Å². The smallest absolute Gasteiger partial charge is 0.335 e. The minimum Gasteiger partial charge on any atom is -0.478 e. The topological polar surface area (TPSA) is 104 Å². The van der Waals surface area contributed by atoms with Crippen LogP contribution in [0, 0.1) is 5.92 Å². The molecule has 1 aliphatic heterocycles. The highest BCUT2D eigenvalue weighted by molar-refractivity contribution is 7.89. The van der Waals surface area contributed by atoms with Crippen LogP contribution in [0.5, 0.6) is 0 Å². The molecule has 1 saturated carbocycles. The van der Waals surface area contributed by atoms with Gasteiger partial charge in [-0.1, -0.05) is 31.0 Å². The van der Waals surface area contributed by atoms with Crippen molar-refractivity contribution >= 4 is 38.4 Å². The van der Waals surface area contributed by atoms with Crippen LogP contribution in [0.1, 0.15) is 59.2 Å².